The first-order valence-electron chi connectivity index (χ1n) is 9.74. The molecule has 1 N–H and O–H groups in total. The van der Waals surface area contributed by atoms with Gasteiger partial charge in [-0.25, -0.2) is 14.8 Å². The molecule has 1 fully saturated rings. The summed E-state index contributed by atoms with van der Waals surface area (Å²) in [5.74, 6) is 0.0118. The van der Waals surface area contributed by atoms with E-state index in [4.69, 9.17) is 24.1 Å². The maximum Gasteiger partial charge on any atom is 0.490 e. The zero-order chi connectivity index (χ0) is 23.7. The van der Waals surface area contributed by atoms with Gasteiger partial charge in [0.15, 0.2) is 0 Å². The van der Waals surface area contributed by atoms with E-state index in [1.54, 1.807) is 27.7 Å². The van der Waals surface area contributed by atoms with Gasteiger partial charge in [-0.1, -0.05) is 12.1 Å². The Balaban J connectivity index is 0.000000451. The van der Waals surface area contributed by atoms with Gasteiger partial charge >= 0.3 is 12.1 Å². The Bertz CT molecular complexity index is 865. The Kier molecular flexibility index (Phi) is 9.06. The lowest BCUT2D eigenvalue weighted by Gasteiger charge is -2.38. The van der Waals surface area contributed by atoms with E-state index in [0.29, 0.717) is 11.8 Å². The fraction of sp³-hybridized carbons (Fsp3) is 0.476. The van der Waals surface area contributed by atoms with Gasteiger partial charge in [0.05, 0.1) is 20.3 Å². The van der Waals surface area contributed by atoms with Gasteiger partial charge < -0.3 is 24.2 Å². The van der Waals surface area contributed by atoms with Gasteiger partial charge in [0.2, 0.25) is 5.88 Å². The van der Waals surface area contributed by atoms with Crippen molar-refractivity contribution < 1.29 is 37.3 Å². The molecular weight excluding hydrogens is 431 g/mol. The Morgan fingerprint density at radius 3 is 2.34 bits per heavy atom. The highest BCUT2D eigenvalue weighted by atomic mass is 19.4. The third kappa shape index (κ3) is 7.26. The minimum atomic E-state index is -5.08. The third-order valence-electron chi connectivity index (χ3n) is 5.03. The number of hydrogen-bond acceptors (Lipinski definition) is 7. The predicted octanol–water partition coefficient (Wildman–Crippen LogP) is 3.21. The zero-order valence-electron chi connectivity index (χ0n) is 18.0. The van der Waals surface area contributed by atoms with Crippen LogP contribution in [0.15, 0.2) is 36.7 Å². The highest BCUT2D eigenvalue weighted by Crippen LogP contribution is 2.28. The van der Waals surface area contributed by atoms with E-state index in [1.165, 1.54) is 5.56 Å². The molecule has 0 unspecified atom stereocenters. The number of nitrogens with zero attached hydrogens (tertiary/aromatic N) is 3. The monoisotopic (exact) mass is 457 g/mol. The van der Waals surface area contributed by atoms with Crippen LogP contribution in [0.5, 0.6) is 11.6 Å². The fourth-order valence-electron chi connectivity index (χ4n) is 3.40. The highest BCUT2D eigenvalue weighted by molar-refractivity contribution is 5.73. The quantitative estimate of drug-likeness (QED) is 0.707. The number of alkyl halides is 3. The molecule has 2 aromatic rings. The number of anilines is 1. The largest absolute Gasteiger partial charge is 0.497 e. The van der Waals surface area contributed by atoms with Crippen molar-refractivity contribution in [1.29, 1.82) is 0 Å². The van der Waals surface area contributed by atoms with Gasteiger partial charge in [0.1, 0.15) is 17.9 Å². The van der Waals surface area contributed by atoms with E-state index < -0.39 is 12.1 Å². The summed E-state index contributed by atoms with van der Waals surface area (Å²) < 4.78 is 47.9. The number of rotatable bonds is 6. The van der Waals surface area contributed by atoms with Gasteiger partial charge in [0, 0.05) is 32.2 Å². The van der Waals surface area contributed by atoms with Crippen LogP contribution >= 0.6 is 0 Å². The molecule has 3 rings (SSSR count). The van der Waals surface area contributed by atoms with E-state index in [2.05, 4.69) is 27.0 Å². The van der Waals surface area contributed by atoms with Crippen LogP contribution in [0.4, 0.5) is 19.0 Å². The molecule has 0 saturated carbocycles. The molecule has 0 radical (unpaired) electrons. The van der Waals surface area contributed by atoms with Crippen molar-refractivity contribution in [3.63, 3.8) is 0 Å². The molecule has 0 spiro atoms. The Hall–Kier alpha value is -3.08. The molecule has 11 heteroatoms. The van der Waals surface area contributed by atoms with Crippen molar-refractivity contribution >= 4 is 11.8 Å². The summed E-state index contributed by atoms with van der Waals surface area (Å²) in [6.45, 7) is 1.81. The second-order valence-corrected chi connectivity index (χ2v) is 7.04. The first-order valence-corrected chi connectivity index (χ1v) is 9.74. The molecule has 1 saturated heterocycles. The average molecular weight is 457 g/mol. The first-order chi connectivity index (χ1) is 15.2. The zero-order valence-corrected chi connectivity index (χ0v) is 18.0. The number of piperidine rings is 1. The molecule has 1 aliphatic heterocycles. The predicted molar refractivity (Wildman–Crippen MR) is 110 cm³/mol. The summed E-state index contributed by atoms with van der Waals surface area (Å²) >= 11 is 0. The van der Waals surface area contributed by atoms with Gasteiger partial charge in [-0.3, -0.25) is 0 Å². The molecule has 176 valence electrons. The van der Waals surface area contributed by atoms with Gasteiger partial charge in [0.25, 0.3) is 0 Å². The Morgan fingerprint density at radius 2 is 1.81 bits per heavy atom. The molecule has 1 aromatic heterocycles. The van der Waals surface area contributed by atoms with Crippen LogP contribution in [0.2, 0.25) is 0 Å². The number of halogens is 3. The second-order valence-electron chi connectivity index (χ2n) is 7.04. The minimum Gasteiger partial charge on any atom is -0.497 e. The van der Waals surface area contributed by atoms with Crippen LogP contribution in [0.1, 0.15) is 12.0 Å². The number of methoxy groups -OCH3 is 3. The van der Waals surface area contributed by atoms with Crippen molar-refractivity contribution in [1.82, 2.24) is 9.97 Å². The Labute approximate surface area is 183 Å². The number of carbonyl (C=O) groups is 1. The van der Waals surface area contributed by atoms with Crippen molar-refractivity contribution in [2.45, 2.75) is 25.1 Å². The lowest BCUT2D eigenvalue weighted by atomic mass is 9.88. The summed E-state index contributed by atoms with van der Waals surface area (Å²) in [6.07, 6.45) is -1.35. The lowest BCUT2D eigenvalue weighted by Crippen LogP contribution is -2.45. The fourth-order valence-corrected chi connectivity index (χ4v) is 3.40. The standard InChI is InChI=1S/C19H25N3O3.C2HF3O2/c1-23-16-6-4-14(5-7-16)10-15-12-22(9-8-17(15)24-2)18-11-19(25-3)21-13-20-18;3-2(4,5)1(6)7/h4-7,11,13,15,17H,8-10,12H2,1-3H3;(H,6,7)/t15-,17-;/m0./s1. The molecule has 1 aliphatic rings. The molecule has 2 heterocycles. The van der Waals surface area contributed by atoms with E-state index in [1.807, 2.05) is 18.2 Å². The number of aliphatic carboxylic acids is 1. The number of carboxylic acids is 1. The van der Waals surface area contributed by atoms with Crippen molar-refractivity contribution in [3.05, 3.63) is 42.2 Å². The SMILES string of the molecule is COc1ccc(C[C@H]2CN(c3cc(OC)ncn3)CC[C@@H]2OC)cc1.O=C(O)C(F)(F)F. The topological polar surface area (TPSA) is 94.0 Å². The summed E-state index contributed by atoms with van der Waals surface area (Å²) in [7, 11) is 5.11. The molecule has 2 atom stereocenters. The number of carboxylic acid groups (broad SMARTS) is 1. The third-order valence-corrected chi connectivity index (χ3v) is 5.03. The van der Waals surface area contributed by atoms with E-state index in [9.17, 15) is 13.2 Å². The number of hydrogen-bond donors (Lipinski definition) is 1. The molecule has 32 heavy (non-hydrogen) atoms. The van der Waals surface area contributed by atoms with Crippen molar-refractivity contribution in [2.75, 3.05) is 39.3 Å². The van der Waals surface area contributed by atoms with Crippen LogP contribution in [0.25, 0.3) is 0 Å². The molecule has 0 aliphatic carbocycles. The summed E-state index contributed by atoms with van der Waals surface area (Å²) in [6, 6.07) is 10.1. The molecule has 1 aromatic carbocycles. The second kappa shape index (κ2) is 11.5. The summed E-state index contributed by atoms with van der Waals surface area (Å²) in [4.78, 5) is 19.7. The summed E-state index contributed by atoms with van der Waals surface area (Å²) in [5.41, 5.74) is 1.29. The lowest BCUT2D eigenvalue weighted by molar-refractivity contribution is -0.192. The van der Waals surface area contributed by atoms with Crippen LogP contribution in [-0.4, -0.2) is 67.7 Å². The minimum absolute atomic E-state index is 0.252. The van der Waals surface area contributed by atoms with E-state index >= 15 is 0 Å². The van der Waals surface area contributed by atoms with Crippen LogP contribution in [0, 0.1) is 5.92 Å². The maximum atomic E-state index is 10.6. The number of aromatic nitrogens is 2. The molecule has 8 nitrogen and oxygen atoms in total. The molecule has 0 bridgehead atoms. The molecular formula is C21H26F3N3O5. The van der Waals surface area contributed by atoms with Gasteiger partial charge in [-0.05, 0) is 30.5 Å². The smallest absolute Gasteiger partial charge is 0.490 e. The van der Waals surface area contributed by atoms with Crippen LogP contribution < -0.4 is 14.4 Å². The number of ether oxygens (including phenoxy) is 3. The first kappa shape index (κ1) is 25.2. The van der Waals surface area contributed by atoms with Gasteiger partial charge in [-0.2, -0.15) is 13.2 Å². The van der Waals surface area contributed by atoms with Crippen LogP contribution in [-0.2, 0) is 16.0 Å². The van der Waals surface area contributed by atoms with Gasteiger partial charge in [-0.15, -0.1) is 0 Å². The summed E-state index contributed by atoms with van der Waals surface area (Å²) in [5, 5.41) is 7.12. The highest BCUT2D eigenvalue weighted by Gasteiger charge is 2.38. The van der Waals surface area contributed by atoms with Crippen LogP contribution in [0.3, 0.4) is 0 Å². The van der Waals surface area contributed by atoms with E-state index in [0.717, 1.165) is 37.5 Å². The van der Waals surface area contributed by atoms with E-state index in [-0.39, 0.29) is 6.10 Å². The van der Waals surface area contributed by atoms with Crippen molar-refractivity contribution in [2.24, 2.45) is 5.92 Å². The number of benzene rings is 1. The Morgan fingerprint density at radius 1 is 1.16 bits per heavy atom. The van der Waals surface area contributed by atoms with Crippen molar-refractivity contribution in [3.8, 4) is 11.6 Å². The molecule has 0 amide bonds. The average Bonchev–Trinajstić information content (AvgIpc) is 2.79. The normalized spacial score (nSPS) is 18.4. The maximum absolute atomic E-state index is 10.6.